The summed E-state index contributed by atoms with van der Waals surface area (Å²) in [6, 6.07) is 0. The number of Topliss-reactive ketones (excluding diaryl/α,β-unsaturated/α-hetero) is 1. The Bertz CT molecular complexity index is 717. The summed E-state index contributed by atoms with van der Waals surface area (Å²) in [5, 5.41) is 0. The molecule has 0 N–H and O–H groups in total. The van der Waals surface area contributed by atoms with Gasteiger partial charge < -0.3 is 18.9 Å². The van der Waals surface area contributed by atoms with Gasteiger partial charge in [0.25, 0.3) is 0 Å². The number of carbonyl (C=O) groups excluding carboxylic acids is 4. The minimum atomic E-state index is -1.02. The normalized spacial score (nSPS) is 41.6. The van der Waals surface area contributed by atoms with Crippen LogP contribution in [0.1, 0.15) is 46.5 Å². The summed E-state index contributed by atoms with van der Waals surface area (Å²) >= 11 is 0. The number of fused-ring (bicyclic) bond motifs is 3. The molecule has 0 radical (unpaired) electrons. The zero-order chi connectivity index (χ0) is 21.6. The third kappa shape index (κ3) is 3.45. The first kappa shape index (κ1) is 21.7. The Balaban J connectivity index is 2.08. The third-order valence-electron chi connectivity index (χ3n) is 7.32. The molecule has 3 aliphatic rings. The first-order chi connectivity index (χ1) is 13.6. The van der Waals surface area contributed by atoms with Gasteiger partial charge in [-0.05, 0) is 30.1 Å². The first-order valence-corrected chi connectivity index (χ1v) is 10.1. The van der Waals surface area contributed by atoms with Crippen LogP contribution < -0.4 is 0 Å². The second-order valence-electron chi connectivity index (χ2n) is 9.07. The number of esters is 3. The molecule has 0 aromatic carbocycles. The van der Waals surface area contributed by atoms with Gasteiger partial charge in [-0.3, -0.25) is 19.2 Å². The fourth-order valence-electron chi connectivity index (χ4n) is 6.21. The molecule has 1 heterocycles. The second-order valence-corrected chi connectivity index (χ2v) is 9.07. The first-order valence-electron chi connectivity index (χ1n) is 10.1. The van der Waals surface area contributed by atoms with E-state index < -0.39 is 52.7 Å². The van der Waals surface area contributed by atoms with Gasteiger partial charge in [0.05, 0.1) is 25.6 Å². The topological polar surface area (TPSA) is 105 Å². The molecule has 0 amide bonds. The van der Waals surface area contributed by atoms with E-state index in [1.807, 2.05) is 13.8 Å². The standard InChI is InChI=1S/C21H30O8/c1-11(22)28-15-8-14(18(24)27-5)20(2)7-6-13-19(25)29-12(10-26-4)9-21(13,3)17(20)16(15)23/h12-15,17H,6-10H2,1-5H3/t12-,13-,14-,15-,17-,20-,21-/m0/s1. The maximum Gasteiger partial charge on any atom is 0.309 e. The van der Waals surface area contributed by atoms with Crippen molar-refractivity contribution in [3.63, 3.8) is 0 Å². The molecule has 2 saturated carbocycles. The van der Waals surface area contributed by atoms with Crippen LogP contribution in [0.15, 0.2) is 0 Å². The highest BCUT2D eigenvalue weighted by atomic mass is 16.6. The molecular formula is C21H30O8. The Morgan fingerprint density at radius 3 is 2.45 bits per heavy atom. The van der Waals surface area contributed by atoms with Crippen molar-refractivity contribution in [1.29, 1.82) is 0 Å². The highest BCUT2D eigenvalue weighted by Gasteiger charge is 2.67. The van der Waals surface area contributed by atoms with Gasteiger partial charge in [-0.15, -0.1) is 0 Å². The van der Waals surface area contributed by atoms with Crippen molar-refractivity contribution >= 4 is 23.7 Å². The van der Waals surface area contributed by atoms with Crippen LogP contribution >= 0.6 is 0 Å². The summed E-state index contributed by atoms with van der Waals surface area (Å²) in [6.07, 6.45) is 0.106. The summed E-state index contributed by atoms with van der Waals surface area (Å²) in [4.78, 5) is 50.6. The van der Waals surface area contributed by atoms with Gasteiger partial charge in [0, 0.05) is 26.4 Å². The maximum absolute atomic E-state index is 13.6. The number of hydrogen-bond donors (Lipinski definition) is 0. The zero-order valence-electron chi connectivity index (χ0n) is 17.7. The molecule has 8 heteroatoms. The van der Waals surface area contributed by atoms with Crippen LogP contribution in [0.2, 0.25) is 0 Å². The number of rotatable bonds is 4. The number of carbonyl (C=O) groups is 4. The van der Waals surface area contributed by atoms with Gasteiger partial charge in [-0.25, -0.2) is 0 Å². The lowest BCUT2D eigenvalue weighted by Crippen LogP contribution is -2.65. The van der Waals surface area contributed by atoms with Crippen LogP contribution in [0, 0.1) is 28.6 Å². The van der Waals surface area contributed by atoms with Crippen LogP contribution in [-0.2, 0) is 38.1 Å². The van der Waals surface area contributed by atoms with Crippen LogP contribution in [0.5, 0.6) is 0 Å². The van der Waals surface area contributed by atoms with Crippen LogP contribution in [0.3, 0.4) is 0 Å². The molecule has 8 nitrogen and oxygen atoms in total. The largest absolute Gasteiger partial charge is 0.469 e. The fourth-order valence-corrected chi connectivity index (χ4v) is 6.21. The van der Waals surface area contributed by atoms with Gasteiger partial charge in [-0.2, -0.15) is 0 Å². The summed E-state index contributed by atoms with van der Waals surface area (Å²) in [5.41, 5.74) is -1.42. The van der Waals surface area contributed by atoms with Crippen molar-refractivity contribution in [2.75, 3.05) is 20.8 Å². The van der Waals surface area contributed by atoms with E-state index in [-0.39, 0.29) is 24.8 Å². The van der Waals surface area contributed by atoms with Crippen molar-refractivity contribution in [2.45, 2.75) is 58.7 Å². The summed E-state index contributed by atoms with van der Waals surface area (Å²) in [6.45, 7) is 5.32. The number of ketones is 1. The number of hydrogen-bond acceptors (Lipinski definition) is 8. The zero-order valence-corrected chi connectivity index (χ0v) is 17.7. The van der Waals surface area contributed by atoms with E-state index in [2.05, 4.69) is 0 Å². The SMILES string of the molecule is COC[C@@H]1C[C@]2(C)[C@H]3C(=O)[C@@H](OC(C)=O)C[C@@H](C(=O)OC)[C@]3(C)CC[C@H]2C(=O)O1. The number of methoxy groups -OCH3 is 2. The Morgan fingerprint density at radius 2 is 1.86 bits per heavy atom. The smallest absolute Gasteiger partial charge is 0.309 e. The van der Waals surface area contributed by atoms with Gasteiger partial charge >= 0.3 is 17.9 Å². The fraction of sp³-hybridized carbons (Fsp3) is 0.810. The molecule has 3 rings (SSSR count). The third-order valence-corrected chi connectivity index (χ3v) is 7.32. The Hall–Kier alpha value is -1.96. The van der Waals surface area contributed by atoms with Crippen molar-refractivity contribution < 1.29 is 38.1 Å². The van der Waals surface area contributed by atoms with Gasteiger partial charge in [0.2, 0.25) is 0 Å². The number of cyclic esters (lactones) is 1. The molecule has 3 fully saturated rings. The molecule has 0 spiro atoms. The molecule has 1 aliphatic heterocycles. The molecule has 7 atom stereocenters. The van der Waals surface area contributed by atoms with Gasteiger partial charge in [0.15, 0.2) is 11.9 Å². The lowest BCUT2D eigenvalue weighted by molar-refractivity contribution is -0.212. The lowest BCUT2D eigenvalue weighted by Gasteiger charge is -2.60. The van der Waals surface area contributed by atoms with E-state index in [4.69, 9.17) is 18.9 Å². The predicted molar refractivity (Wildman–Crippen MR) is 99.5 cm³/mol. The Morgan fingerprint density at radius 1 is 1.17 bits per heavy atom. The quantitative estimate of drug-likeness (QED) is 0.509. The van der Waals surface area contributed by atoms with Crippen molar-refractivity contribution in [1.82, 2.24) is 0 Å². The lowest BCUT2D eigenvalue weighted by atomic mass is 9.43. The van der Waals surface area contributed by atoms with E-state index in [9.17, 15) is 19.2 Å². The molecule has 0 bridgehead atoms. The molecule has 162 valence electrons. The highest BCUT2D eigenvalue weighted by molar-refractivity contribution is 5.93. The monoisotopic (exact) mass is 410 g/mol. The molecule has 0 unspecified atom stereocenters. The molecule has 2 aliphatic carbocycles. The molecular weight excluding hydrogens is 380 g/mol. The molecule has 1 saturated heterocycles. The highest BCUT2D eigenvalue weighted by Crippen LogP contribution is 2.63. The molecule has 0 aromatic rings. The second kappa shape index (κ2) is 7.70. The van der Waals surface area contributed by atoms with E-state index in [1.165, 1.54) is 21.1 Å². The van der Waals surface area contributed by atoms with E-state index >= 15 is 0 Å². The Labute approximate surface area is 170 Å². The van der Waals surface area contributed by atoms with E-state index in [1.54, 1.807) is 0 Å². The summed E-state index contributed by atoms with van der Waals surface area (Å²) in [5.74, 6) is -3.24. The average Bonchev–Trinajstić information content (AvgIpc) is 2.62. The van der Waals surface area contributed by atoms with Crippen LogP contribution in [-0.4, -0.2) is 56.7 Å². The predicted octanol–water partition coefficient (Wildman–Crippen LogP) is 1.68. The van der Waals surface area contributed by atoms with Crippen LogP contribution in [0.25, 0.3) is 0 Å². The summed E-state index contributed by atoms with van der Waals surface area (Å²) in [7, 11) is 2.85. The van der Waals surface area contributed by atoms with Crippen molar-refractivity contribution in [3.05, 3.63) is 0 Å². The van der Waals surface area contributed by atoms with Crippen molar-refractivity contribution in [2.24, 2.45) is 28.6 Å². The van der Waals surface area contributed by atoms with Gasteiger partial charge in [0.1, 0.15) is 6.10 Å². The van der Waals surface area contributed by atoms with Crippen LogP contribution in [0.4, 0.5) is 0 Å². The van der Waals surface area contributed by atoms with Gasteiger partial charge in [-0.1, -0.05) is 13.8 Å². The maximum atomic E-state index is 13.6. The van der Waals surface area contributed by atoms with E-state index in [0.717, 1.165) is 0 Å². The minimum absolute atomic E-state index is 0.102. The number of ether oxygens (including phenoxy) is 4. The molecule has 29 heavy (non-hydrogen) atoms. The molecule has 0 aromatic heterocycles. The van der Waals surface area contributed by atoms with Crippen molar-refractivity contribution in [3.8, 4) is 0 Å². The van der Waals surface area contributed by atoms with E-state index in [0.29, 0.717) is 19.3 Å². The minimum Gasteiger partial charge on any atom is -0.469 e. The Kier molecular flexibility index (Phi) is 5.77. The average molecular weight is 410 g/mol. The summed E-state index contributed by atoms with van der Waals surface area (Å²) < 4.78 is 21.1.